The van der Waals surface area contributed by atoms with Crippen LogP contribution < -0.4 is 0 Å². The Morgan fingerprint density at radius 3 is 2.10 bits per heavy atom. The standard InChI is InChI=1S/C18H12N2/c1-4-15(8-9-16-5-2-10-19-13-16)12-17(6-1)18-7-3-11-20-14-18/h1-7,10-14H. The molecule has 3 aromatic rings. The van der Waals surface area contributed by atoms with E-state index in [1.165, 1.54) is 0 Å². The van der Waals surface area contributed by atoms with E-state index in [0.717, 1.165) is 22.3 Å². The number of hydrogen-bond donors (Lipinski definition) is 0. The summed E-state index contributed by atoms with van der Waals surface area (Å²) in [6, 6.07) is 16.0. The van der Waals surface area contributed by atoms with Crippen LogP contribution in [-0.2, 0) is 0 Å². The smallest absolute Gasteiger partial charge is 0.0432 e. The van der Waals surface area contributed by atoms with Gasteiger partial charge in [-0.15, -0.1) is 0 Å². The fourth-order valence-corrected chi connectivity index (χ4v) is 1.89. The van der Waals surface area contributed by atoms with Crippen molar-refractivity contribution in [3.8, 4) is 23.0 Å². The van der Waals surface area contributed by atoms with Crippen LogP contribution in [0.25, 0.3) is 11.1 Å². The number of rotatable bonds is 1. The topological polar surface area (TPSA) is 25.8 Å². The Labute approximate surface area is 118 Å². The van der Waals surface area contributed by atoms with Crippen molar-refractivity contribution < 1.29 is 0 Å². The Morgan fingerprint density at radius 2 is 1.35 bits per heavy atom. The van der Waals surface area contributed by atoms with Crippen LogP contribution >= 0.6 is 0 Å². The molecular formula is C18H12N2. The Hall–Kier alpha value is -2.92. The zero-order valence-corrected chi connectivity index (χ0v) is 10.8. The third kappa shape index (κ3) is 2.90. The molecular weight excluding hydrogens is 244 g/mol. The van der Waals surface area contributed by atoms with Crippen LogP contribution in [0.1, 0.15) is 11.1 Å². The van der Waals surface area contributed by atoms with E-state index in [9.17, 15) is 0 Å². The summed E-state index contributed by atoms with van der Waals surface area (Å²) < 4.78 is 0. The predicted octanol–water partition coefficient (Wildman–Crippen LogP) is 3.54. The van der Waals surface area contributed by atoms with Gasteiger partial charge in [0.25, 0.3) is 0 Å². The van der Waals surface area contributed by atoms with Gasteiger partial charge in [-0.25, -0.2) is 0 Å². The Bertz CT molecular complexity index is 753. The molecule has 1 aromatic carbocycles. The number of pyridine rings is 2. The molecule has 2 heteroatoms. The lowest BCUT2D eigenvalue weighted by atomic mass is 10.0. The lowest BCUT2D eigenvalue weighted by Gasteiger charge is -2.00. The molecule has 0 aliphatic heterocycles. The normalized spacial score (nSPS) is 9.60. The van der Waals surface area contributed by atoms with Crippen molar-refractivity contribution in [2.45, 2.75) is 0 Å². The Morgan fingerprint density at radius 1 is 0.650 bits per heavy atom. The first kappa shape index (κ1) is 12.1. The Kier molecular flexibility index (Phi) is 3.53. The van der Waals surface area contributed by atoms with Crippen molar-refractivity contribution in [3.05, 3.63) is 84.4 Å². The van der Waals surface area contributed by atoms with Gasteiger partial charge < -0.3 is 0 Å². The van der Waals surface area contributed by atoms with Crippen LogP contribution in [0.15, 0.2) is 73.3 Å². The van der Waals surface area contributed by atoms with Crippen LogP contribution in [0.4, 0.5) is 0 Å². The number of hydrogen-bond acceptors (Lipinski definition) is 2. The molecule has 0 amide bonds. The summed E-state index contributed by atoms with van der Waals surface area (Å²) in [5.74, 6) is 6.27. The molecule has 0 saturated heterocycles. The molecule has 0 aliphatic carbocycles. The van der Waals surface area contributed by atoms with Crippen molar-refractivity contribution in [2.24, 2.45) is 0 Å². The van der Waals surface area contributed by atoms with E-state index in [2.05, 4.69) is 33.9 Å². The number of nitrogens with zero attached hydrogens (tertiary/aromatic N) is 2. The van der Waals surface area contributed by atoms with Crippen molar-refractivity contribution in [1.82, 2.24) is 9.97 Å². The first-order valence-corrected chi connectivity index (χ1v) is 6.34. The SMILES string of the molecule is C(#Cc1cccc(-c2cccnc2)c1)c1cccnc1. The molecule has 0 atom stereocenters. The molecule has 0 fully saturated rings. The van der Waals surface area contributed by atoms with Gasteiger partial charge in [0.2, 0.25) is 0 Å². The van der Waals surface area contributed by atoms with Gasteiger partial charge in [-0.05, 0) is 35.9 Å². The highest BCUT2D eigenvalue weighted by Crippen LogP contribution is 2.18. The lowest BCUT2D eigenvalue weighted by Crippen LogP contribution is -1.81. The van der Waals surface area contributed by atoms with E-state index >= 15 is 0 Å². The van der Waals surface area contributed by atoms with Crippen LogP contribution in [0, 0.1) is 11.8 Å². The molecule has 20 heavy (non-hydrogen) atoms. The second-order valence-electron chi connectivity index (χ2n) is 4.31. The monoisotopic (exact) mass is 256 g/mol. The van der Waals surface area contributed by atoms with E-state index in [-0.39, 0.29) is 0 Å². The molecule has 0 N–H and O–H groups in total. The summed E-state index contributed by atoms with van der Waals surface area (Å²) >= 11 is 0. The van der Waals surface area contributed by atoms with Crippen molar-refractivity contribution in [1.29, 1.82) is 0 Å². The van der Waals surface area contributed by atoms with E-state index in [1.807, 2.05) is 42.6 Å². The summed E-state index contributed by atoms with van der Waals surface area (Å²) in [6.07, 6.45) is 7.13. The average Bonchev–Trinajstić information content (AvgIpc) is 2.55. The molecule has 3 rings (SSSR count). The highest BCUT2D eigenvalue weighted by molar-refractivity contribution is 5.64. The average molecular weight is 256 g/mol. The first-order chi connectivity index (χ1) is 9.92. The molecule has 0 unspecified atom stereocenters. The van der Waals surface area contributed by atoms with Crippen molar-refractivity contribution in [2.75, 3.05) is 0 Å². The molecule has 0 bridgehead atoms. The molecule has 2 nitrogen and oxygen atoms in total. The minimum atomic E-state index is 0.916. The quantitative estimate of drug-likeness (QED) is 0.622. The summed E-state index contributed by atoms with van der Waals surface area (Å²) in [6.45, 7) is 0. The fraction of sp³-hybridized carbons (Fsp3) is 0. The number of benzene rings is 1. The molecule has 2 heterocycles. The maximum absolute atomic E-state index is 4.14. The molecule has 0 spiro atoms. The van der Waals surface area contributed by atoms with Gasteiger partial charge in [0.1, 0.15) is 0 Å². The maximum Gasteiger partial charge on any atom is 0.0432 e. The highest BCUT2D eigenvalue weighted by atomic mass is 14.6. The van der Waals surface area contributed by atoms with Crippen LogP contribution in [-0.4, -0.2) is 9.97 Å². The lowest BCUT2D eigenvalue weighted by molar-refractivity contribution is 1.31. The first-order valence-electron chi connectivity index (χ1n) is 6.34. The minimum absolute atomic E-state index is 0.916. The Balaban J connectivity index is 1.91. The molecule has 2 aromatic heterocycles. The van der Waals surface area contributed by atoms with E-state index in [0.29, 0.717) is 0 Å². The molecule has 0 radical (unpaired) electrons. The molecule has 94 valence electrons. The van der Waals surface area contributed by atoms with E-state index < -0.39 is 0 Å². The van der Waals surface area contributed by atoms with Crippen molar-refractivity contribution >= 4 is 0 Å². The van der Waals surface area contributed by atoms with Gasteiger partial charge in [-0.3, -0.25) is 9.97 Å². The summed E-state index contributed by atoms with van der Waals surface area (Å²) in [4.78, 5) is 8.19. The number of aromatic nitrogens is 2. The summed E-state index contributed by atoms with van der Waals surface area (Å²) in [7, 11) is 0. The molecule has 0 saturated carbocycles. The van der Waals surface area contributed by atoms with Crippen LogP contribution in [0.5, 0.6) is 0 Å². The summed E-state index contributed by atoms with van der Waals surface area (Å²) in [5, 5.41) is 0. The fourth-order valence-electron chi connectivity index (χ4n) is 1.89. The van der Waals surface area contributed by atoms with Gasteiger partial charge in [0, 0.05) is 41.5 Å². The highest BCUT2D eigenvalue weighted by Gasteiger charge is 1.97. The molecule has 0 aliphatic rings. The van der Waals surface area contributed by atoms with E-state index in [4.69, 9.17) is 0 Å². The summed E-state index contributed by atoms with van der Waals surface area (Å²) in [5.41, 5.74) is 4.11. The van der Waals surface area contributed by atoms with Crippen LogP contribution in [0.3, 0.4) is 0 Å². The third-order valence-corrected chi connectivity index (χ3v) is 2.87. The van der Waals surface area contributed by atoms with Gasteiger partial charge in [-0.1, -0.05) is 30.0 Å². The zero-order valence-electron chi connectivity index (χ0n) is 10.8. The third-order valence-electron chi connectivity index (χ3n) is 2.87. The largest absolute Gasteiger partial charge is 0.264 e. The van der Waals surface area contributed by atoms with Gasteiger partial charge in [0.15, 0.2) is 0 Å². The van der Waals surface area contributed by atoms with Crippen molar-refractivity contribution in [3.63, 3.8) is 0 Å². The van der Waals surface area contributed by atoms with Gasteiger partial charge in [0.05, 0.1) is 0 Å². The second-order valence-corrected chi connectivity index (χ2v) is 4.31. The van der Waals surface area contributed by atoms with Gasteiger partial charge >= 0.3 is 0 Å². The zero-order chi connectivity index (χ0) is 13.6. The predicted molar refractivity (Wildman–Crippen MR) is 79.9 cm³/mol. The van der Waals surface area contributed by atoms with Crippen LogP contribution in [0.2, 0.25) is 0 Å². The second kappa shape index (κ2) is 5.81. The maximum atomic E-state index is 4.14. The van der Waals surface area contributed by atoms with E-state index in [1.54, 1.807) is 18.6 Å². The van der Waals surface area contributed by atoms with Gasteiger partial charge in [-0.2, -0.15) is 0 Å². The minimum Gasteiger partial charge on any atom is -0.264 e.